The van der Waals surface area contributed by atoms with Gasteiger partial charge in [0.2, 0.25) is 5.91 Å². The molecule has 1 aliphatic carbocycles. The average molecular weight is 236 g/mol. The minimum Gasteiger partial charge on any atom is -0.481 e. The topological polar surface area (TPSA) is 90.2 Å². The number of nitrogens with zero attached hydrogens (tertiary/aromatic N) is 1. The average Bonchev–Trinajstić information content (AvgIpc) is 2.94. The SMILES string of the molecule is N#Cc1ccsc1NC(=O)C1CC1C(=O)O. The van der Waals surface area contributed by atoms with Crippen LogP contribution in [0.1, 0.15) is 12.0 Å². The van der Waals surface area contributed by atoms with Crippen LogP contribution in [0.3, 0.4) is 0 Å². The van der Waals surface area contributed by atoms with Gasteiger partial charge in [-0.15, -0.1) is 11.3 Å². The van der Waals surface area contributed by atoms with Crippen molar-refractivity contribution in [3.8, 4) is 6.07 Å². The molecule has 6 heteroatoms. The number of rotatable bonds is 3. The molecule has 0 radical (unpaired) electrons. The third kappa shape index (κ3) is 1.90. The Morgan fingerprint density at radius 2 is 2.31 bits per heavy atom. The first kappa shape index (κ1) is 10.6. The number of carbonyl (C=O) groups excluding carboxylic acids is 1. The van der Waals surface area contributed by atoms with Gasteiger partial charge in [0.05, 0.1) is 17.4 Å². The van der Waals surface area contributed by atoms with E-state index >= 15 is 0 Å². The molecule has 1 aliphatic rings. The Labute approximate surface area is 95.3 Å². The van der Waals surface area contributed by atoms with Crippen molar-refractivity contribution in [2.24, 2.45) is 11.8 Å². The van der Waals surface area contributed by atoms with Gasteiger partial charge in [0.25, 0.3) is 0 Å². The normalized spacial score (nSPS) is 22.2. The summed E-state index contributed by atoms with van der Waals surface area (Å²) in [6.07, 6.45) is 0.383. The predicted molar refractivity (Wildman–Crippen MR) is 56.9 cm³/mol. The molecule has 1 fully saturated rings. The van der Waals surface area contributed by atoms with Crippen LogP contribution in [0.15, 0.2) is 11.4 Å². The van der Waals surface area contributed by atoms with Crippen molar-refractivity contribution < 1.29 is 14.7 Å². The Hall–Kier alpha value is -1.87. The number of nitrogens with one attached hydrogen (secondary N) is 1. The fraction of sp³-hybridized carbons (Fsp3) is 0.300. The highest BCUT2D eigenvalue weighted by molar-refractivity contribution is 7.14. The molecule has 0 spiro atoms. The molecule has 16 heavy (non-hydrogen) atoms. The number of hydrogen-bond donors (Lipinski definition) is 2. The number of aliphatic carboxylic acids is 1. The summed E-state index contributed by atoms with van der Waals surface area (Å²) in [6, 6.07) is 3.57. The Morgan fingerprint density at radius 1 is 1.56 bits per heavy atom. The number of carbonyl (C=O) groups is 2. The summed E-state index contributed by atoms with van der Waals surface area (Å²) in [4.78, 5) is 22.2. The van der Waals surface area contributed by atoms with Crippen molar-refractivity contribution in [3.05, 3.63) is 17.0 Å². The minimum atomic E-state index is -0.938. The number of carboxylic acid groups (broad SMARTS) is 1. The maximum atomic E-state index is 11.6. The highest BCUT2D eigenvalue weighted by Gasteiger charge is 2.48. The minimum absolute atomic E-state index is 0.314. The summed E-state index contributed by atoms with van der Waals surface area (Å²) in [5, 5.41) is 22.2. The summed E-state index contributed by atoms with van der Waals surface area (Å²) >= 11 is 1.26. The van der Waals surface area contributed by atoms with Gasteiger partial charge in [-0.2, -0.15) is 5.26 Å². The lowest BCUT2D eigenvalue weighted by Crippen LogP contribution is -2.16. The van der Waals surface area contributed by atoms with Crippen molar-refractivity contribution in [2.75, 3.05) is 5.32 Å². The van der Waals surface area contributed by atoms with Gasteiger partial charge in [-0.05, 0) is 17.9 Å². The molecule has 2 rings (SSSR count). The molecule has 0 bridgehead atoms. The van der Waals surface area contributed by atoms with Crippen LogP contribution in [-0.4, -0.2) is 17.0 Å². The van der Waals surface area contributed by atoms with Crippen molar-refractivity contribution in [1.82, 2.24) is 0 Å². The molecule has 0 aliphatic heterocycles. The fourth-order valence-electron chi connectivity index (χ4n) is 1.46. The van der Waals surface area contributed by atoms with E-state index in [0.29, 0.717) is 17.0 Å². The molecule has 82 valence electrons. The van der Waals surface area contributed by atoms with E-state index < -0.39 is 17.8 Å². The monoisotopic (exact) mass is 236 g/mol. The summed E-state index contributed by atoms with van der Waals surface area (Å²) in [5.41, 5.74) is 0.408. The first-order chi connectivity index (χ1) is 7.63. The first-order valence-electron chi connectivity index (χ1n) is 4.64. The number of hydrogen-bond acceptors (Lipinski definition) is 4. The van der Waals surface area contributed by atoms with E-state index in [9.17, 15) is 9.59 Å². The second kappa shape index (κ2) is 3.94. The van der Waals surface area contributed by atoms with Crippen molar-refractivity contribution in [2.45, 2.75) is 6.42 Å². The van der Waals surface area contributed by atoms with E-state index in [1.807, 2.05) is 6.07 Å². The van der Waals surface area contributed by atoms with Crippen LogP contribution in [-0.2, 0) is 9.59 Å². The molecule has 1 aromatic rings. The molecule has 1 heterocycles. The zero-order chi connectivity index (χ0) is 11.7. The third-order valence-electron chi connectivity index (χ3n) is 2.47. The van der Waals surface area contributed by atoms with Crippen LogP contribution >= 0.6 is 11.3 Å². The van der Waals surface area contributed by atoms with Gasteiger partial charge in [-0.25, -0.2) is 0 Å². The lowest BCUT2D eigenvalue weighted by atomic mass is 10.3. The zero-order valence-corrected chi connectivity index (χ0v) is 8.95. The largest absolute Gasteiger partial charge is 0.481 e. The summed E-state index contributed by atoms with van der Waals surface area (Å²) in [7, 11) is 0. The summed E-state index contributed by atoms with van der Waals surface area (Å²) in [6.45, 7) is 0. The van der Waals surface area contributed by atoms with Crippen LogP contribution < -0.4 is 5.32 Å². The molecular formula is C10H8N2O3S. The van der Waals surface area contributed by atoms with E-state index in [4.69, 9.17) is 10.4 Å². The lowest BCUT2D eigenvalue weighted by Gasteiger charge is -2.01. The molecule has 0 saturated heterocycles. The van der Waals surface area contributed by atoms with Crippen LogP contribution in [0.5, 0.6) is 0 Å². The zero-order valence-electron chi connectivity index (χ0n) is 8.14. The van der Waals surface area contributed by atoms with Gasteiger partial charge < -0.3 is 10.4 Å². The van der Waals surface area contributed by atoms with Crippen molar-refractivity contribution in [3.63, 3.8) is 0 Å². The summed E-state index contributed by atoms with van der Waals surface area (Å²) in [5.74, 6) is -2.27. The quantitative estimate of drug-likeness (QED) is 0.827. The summed E-state index contributed by atoms with van der Waals surface area (Å²) < 4.78 is 0. The maximum absolute atomic E-state index is 11.6. The van der Waals surface area contributed by atoms with E-state index in [1.165, 1.54) is 11.3 Å². The van der Waals surface area contributed by atoms with Crippen molar-refractivity contribution >= 4 is 28.2 Å². The van der Waals surface area contributed by atoms with Crippen LogP contribution in [0, 0.1) is 23.2 Å². The Morgan fingerprint density at radius 3 is 2.88 bits per heavy atom. The number of amides is 1. The number of anilines is 1. The highest BCUT2D eigenvalue weighted by atomic mass is 32.1. The standard InChI is InChI=1S/C10H8N2O3S/c11-4-5-1-2-16-9(5)12-8(13)6-3-7(6)10(14)15/h1-2,6-7H,3H2,(H,12,13)(H,14,15). The van der Waals surface area contributed by atoms with Crippen LogP contribution in [0.4, 0.5) is 5.00 Å². The molecular weight excluding hydrogens is 228 g/mol. The van der Waals surface area contributed by atoms with Crippen molar-refractivity contribution in [1.29, 1.82) is 5.26 Å². The Bertz CT molecular complexity index is 488. The van der Waals surface area contributed by atoms with Gasteiger partial charge >= 0.3 is 5.97 Å². The molecule has 1 aromatic heterocycles. The highest BCUT2D eigenvalue weighted by Crippen LogP contribution is 2.40. The van der Waals surface area contributed by atoms with Crippen LogP contribution in [0.25, 0.3) is 0 Å². The lowest BCUT2D eigenvalue weighted by molar-refractivity contribution is -0.139. The predicted octanol–water partition coefficient (Wildman–Crippen LogP) is 1.28. The van der Waals surface area contributed by atoms with E-state index in [0.717, 1.165) is 0 Å². The third-order valence-corrected chi connectivity index (χ3v) is 3.30. The van der Waals surface area contributed by atoms with Gasteiger partial charge in [0.1, 0.15) is 11.1 Å². The fourth-order valence-corrected chi connectivity index (χ4v) is 2.20. The number of thiophene rings is 1. The molecule has 2 unspecified atom stereocenters. The van der Waals surface area contributed by atoms with Gasteiger partial charge in [0, 0.05) is 0 Å². The molecule has 1 saturated carbocycles. The van der Waals surface area contributed by atoms with E-state index in [-0.39, 0.29) is 5.91 Å². The van der Waals surface area contributed by atoms with Gasteiger partial charge in [-0.3, -0.25) is 9.59 Å². The smallest absolute Gasteiger partial charge is 0.307 e. The second-order valence-corrected chi connectivity index (χ2v) is 4.47. The molecule has 2 N–H and O–H groups in total. The second-order valence-electron chi connectivity index (χ2n) is 3.55. The van der Waals surface area contributed by atoms with E-state index in [2.05, 4.69) is 5.32 Å². The first-order valence-corrected chi connectivity index (χ1v) is 5.52. The molecule has 5 nitrogen and oxygen atoms in total. The van der Waals surface area contributed by atoms with Gasteiger partial charge in [0.15, 0.2) is 0 Å². The number of carboxylic acids is 1. The molecule has 0 aromatic carbocycles. The van der Waals surface area contributed by atoms with Gasteiger partial charge in [-0.1, -0.05) is 0 Å². The molecule has 1 amide bonds. The number of nitriles is 1. The van der Waals surface area contributed by atoms with Crippen LogP contribution in [0.2, 0.25) is 0 Å². The molecule has 2 atom stereocenters. The Balaban J connectivity index is 2.00. The Kier molecular flexibility index (Phi) is 2.62. The van der Waals surface area contributed by atoms with E-state index in [1.54, 1.807) is 11.4 Å². The maximum Gasteiger partial charge on any atom is 0.307 e.